The molecule has 0 aromatic heterocycles. The van der Waals surface area contributed by atoms with E-state index in [-0.39, 0.29) is 12.1 Å². The third-order valence-corrected chi connectivity index (χ3v) is 4.47. The van der Waals surface area contributed by atoms with Crippen LogP contribution in [0.15, 0.2) is 24.3 Å². The molecule has 0 radical (unpaired) electrons. The lowest BCUT2D eigenvalue weighted by Gasteiger charge is -2.32. The Bertz CT molecular complexity index is 408. The fourth-order valence-electron chi connectivity index (χ4n) is 2.67. The van der Waals surface area contributed by atoms with Gasteiger partial charge in [0.1, 0.15) is 5.75 Å². The minimum atomic E-state index is -0.114. The molecule has 2 N–H and O–H groups in total. The van der Waals surface area contributed by atoms with Crippen LogP contribution < -0.4 is 10.1 Å². The molecule has 0 heterocycles. The predicted molar refractivity (Wildman–Crippen MR) is 86.8 cm³/mol. The van der Waals surface area contributed by atoms with Gasteiger partial charge in [0.2, 0.25) is 0 Å². The summed E-state index contributed by atoms with van der Waals surface area (Å²) in [4.78, 5) is 0. The molecule has 21 heavy (non-hydrogen) atoms. The first-order valence-electron chi connectivity index (χ1n) is 8.31. The van der Waals surface area contributed by atoms with Crippen LogP contribution in [0.4, 0.5) is 0 Å². The molecule has 2 rings (SSSR count). The smallest absolute Gasteiger partial charge is 0.119 e. The Morgan fingerprint density at radius 1 is 1.24 bits per heavy atom. The Kier molecular flexibility index (Phi) is 6.07. The number of hydrogen-bond donors (Lipinski definition) is 2. The van der Waals surface area contributed by atoms with Crippen LogP contribution in [0.2, 0.25) is 0 Å². The molecule has 1 aromatic carbocycles. The summed E-state index contributed by atoms with van der Waals surface area (Å²) in [5.41, 5.74) is 1.22. The highest BCUT2D eigenvalue weighted by molar-refractivity contribution is 5.27. The van der Waals surface area contributed by atoms with Gasteiger partial charge < -0.3 is 15.2 Å². The van der Waals surface area contributed by atoms with E-state index in [1.54, 1.807) is 0 Å². The SMILES string of the molecule is CCc1ccc(OCCCC(CC)(CO)NC2CC2)cc1. The molecule has 0 spiro atoms. The van der Waals surface area contributed by atoms with E-state index >= 15 is 0 Å². The van der Waals surface area contributed by atoms with E-state index < -0.39 is 0 Å². The average molecular weight is 291 g/mol. The van der Waals surface area contributed by atoms with Gasteiger partial charge in [0.05, 0.1) is 13.2 Å². The molecule has 0 aliphatic heterocycles. The van der Waals surface area contributed by atoms with Gasteiger partial charge in [-0.15, -0.1) is 0 Å². The molecular weight excluding hydrogens is 262 g/mol. The number of aryl methyl sites for hydroxylation is 1. The number of rotatable bonds is 10. The van der Waals surface area contributed by atoms with Gasteiger partial charge in [0, 0.05) is 11.6 Å². The summed E-state index contributed by atoms with van der Waals surface area (Å²) < 4.78 is 5.80. The van der Waals surface area contributed by atoms with Gasteiger partial charge in [-0.3, -0.25) is 0 Å². The van der Waals surface area contributed by atoms with E-state index in [4.69, 9.17) is 4.74 Å². The van der Waals surface area contributed by atoms with E-state index in [0.29, 0.717) is 12.6 Å². The first kappa shape index (κ1) is 16.3. The van der Waals surface area contributed by atoms with Crippen molar-refractivity contribution in [2.75, 3.05) is 13.2 Å². The second-order valence-electron chi connectivity index (χ2n) is 6.16. The number of nitrogens with one attached hydrogen (secondary N) is 1. The lowest BCUT2D eigenvalue weighted by Crippen LogP contribution is -2.49. The number of aliphatic hydroxyl groups is 1. The predicted octanol–water partition coefficient (Wildman–Crippen LogP) is 3.30. The molecule has 3 heteroatoms. The summed E-state index contributed by atoms with van der Waals surface area (Å²) in [6, 6.07) is 8.95. The van der Waals surface area contributed by atoms with E-state index in [1.807, 2.05) is 12.1 Å². The molecule has 1 aliphatic rings. The first-order valence-corrected chi connectivity index (χ1v) is 8.31. The number of ether oxygens (including phenoxy) is 1. The molecule has 1 aliphatic carbocycles. The van der Waals surface area contributed by atoms with Crippen LogP contribution in [0.25, 0.3) is 0 Å². The zero-order valence-electron chi connectivity index (χ0n) is 13.4. The van der Waals surface area contributed by atoms with E-state index in [2.05, 4.69) is 31.3 Å². The van der Waals surface area contributed by atoms with Gasteiger partial charge in [0.15, 0.2) is 0 Å². The van der Waals surface area contributed by atoms with Crippen LogP contribution in [0.1, 0.15) is 51.5 Å². The van der Waals surface area contributed by atoms with Crippen molar-refractivity contribution >= 4 is 0 Å². The number of hydrogen-bond acceptors (Lipinski definition) is 3. The van der Waals surface area contributed by atoms with Crippen LogP contribution in [-0.4, -0.2) is 29.9 Å². The van der Waals surface area contributed by atoms with Crippen molar-refractivity contribution in [2.45, 2.75) is 64.0 Å². The fourth-order valence-corrected chi connectivity index (χ4v) is 2.67. The molecule has 1 aromatic rings. The molecule has 3 nitrogen and oxygen atoms in total. The van der Waals surface area contributed by atoms with E-state index in [1.165, 1.54) is 18.4 Å². The third-order valence-electron chi connectivity index (χ3n) is 4.47. The molecule has 1 fully saturated rings. The van der Waals surface area contributed by atoms with Crippen molar-refractivity contribution < 1.29 is 9.84 Å². The van der Waals surface area contributed by atoms with Crippen LogP contribution >= 0.6 is 0 Å². The van der Waals surface area contributed by atoms with Crippen molar-refractivity contribution in [3.63, 3.8) is 0 Å². The third kappa shape index (κ3) is 5.01. The standard InChI is InChI=1S/C18H29NO2/c1-3-15-6-10-17(11-7-15)21-13-5-12-18(4-2,14-20)19-16-8-9-16/h6-7,10-11,16,19-20H,3-5,8-9,12-14H2,1-2H3. The Morgan fingerprint density at radius 3 is 2.48 bits per heavy atom. The largest absolute Gasteiger partial charge is 0.494 e. The fraction of sp³-hybridized carbons (Fsp3) is 0.667. The van der Waals surface area contributed by atoms with Crippen molar-refractivity contribution in [3.05, 3.63) is 29.8 Å². The Balaban J connectivity index is 1.73. The highest BCUT2D eigenvalue weighted by atomic mass is 16.5. The Labute approximate surface area is 128 Å². The van der Waals surface area contributed by atoms with Crippen LogP contribution in [0.5, 0.6) is 5.75 Å². The summed E-state index contributed by atoms with van der Waals surface area (Å²) in [5, 5.41) is 13.3. The minimum Gasteiger partial charge on any atom is -0.494 e. The average Bonchev–Trinajstić information content (AvgIpc) is 3.35. The van der Waals surface area contributed by atoms with Gasteiger partial charge in [-0.25, -0.2) is 0 Å². The molecule has 1 unspecified atom stereocenters. The normalized spacial score (nSPS) is 17.5. The van der Waals surface area contributed by atoms with Crippen molar-refractivity contribution in [3.8, 4) is 5.75 Å². The lowest BCUT2D eigenvalue weighted by atomic mass is 9.91. The van der Waals surface area contributed by atoms with Gasteiger partial charge in [-0.2, -0.15) is 0 Å². The van der Waals surface area contributed by atoms with Gasteiger partial charge in [-0.1, -0.05) is 26.0 Å². The second-order valence-corrected chi connectivity index (χ2v) is 6.16. The molecule has 0 amide bonds. The summed E-state index contributed by atoms with van der Waals surface area (Å²) in [5.74, 6) is 0.938. The zero-order chi connectivity index (χ0) is 15.1. The van der Waals surface area contributed by atoms with Crippen LogP contribution in [-0.2, 0) is 6.42 Å². The summed E-state index contributed by atoms with van der Waals surface area (Å²) in [6.07, 6.45) is 6.45. The van der Waals surface area contributed by atoms with Crippen molar-refractivity contribution in [2.24, 2.45) is 0 Å². The Morgan fingerprint density at radius 2 is 1.95 bits per heavy atom. The molecular formula is C18H29NO2. The zero-order valence-corrected chi connectivity index (χ0v) is 13.4. The molecule has 0 saturated heterocycles. The minimum absolute atomic E-state index is 0.114. The van der Waals surface area contributed by atoms with Crippen molar-refractivity contribution in [1.82, 2.24) is 5.32 Å². The van der Waals surface area contributed by atoms with E-state index in [0.717, 1.165) is 31.4 Å². The maximum absolute atomic E-state index is 9.72. The Hall–Kier alpha value is -1.06. The monoisotopic (exact) mass is 291 g/mol. The van der Waals surface area contributed by atoms with Crippen LogP contribution in [0, 0.1) is 0 Å². The summed E-state index contributed by atoms with van der Waals surface area (Å²) in [6.45, 7) is 5.22. The first-order chi connectivity index (χ1) is 10.2. The van der Waals surface area contributed by atoms with E-state index in [9.17, 15) is 5.11 Å². The maximum Gasteiger partial charge on any atom is 0.119 e. The number of benzene rings is 1. The van der Waals surface area contributed by atoms with Crippen molar-refractivity contribution in [1.29, 1.82) is 0 Å². The topological polar surface area (TPSA) is 41.5 Å². The highest BCUT2D eigenvalue weighted by Gasteiger charge is 2.33. The number of aliphatic hydroxyl groups excluding tert-OH is 1. The molecule has 1 atom stereocenters. The summed E-state index contributed by atoms with van der Waals surface area (Å²) >= 11 is 0. The molecule has 118 valence electrons. The maximum atomic E-state index is 9.72. The van der Waals surface area contributed by atoms with Gasteiger partial charge in [0.25, 0.3) is 0 Å². The summed E-state index contributed by atoms with van der Waals surface area (Å²) in [7, 11) is 0. The second kappa shape index (κ2) is 7.81. The van der Waals surface area contributed by atoms with Gasteiger partial charge >= 0.3 is 0 Å². The molecule has 1 saturated carbocycles. The lowest BCUT2D eigenvalue weighted by molar-refractivity contribution is 0.136. The van der Waals surface area contributed by atoms with Gasteiger partial charge in [-0.05, 0) is 56.2 Å². The van der Waals surface area contributed by atoms with Crippen LogP contribution in [0.3, 0.4) is 0 Å². The quantitative estimate of drug-likeness (QED) is 0.650. The highest BCUT2D eigenvalue weighted by Crippen LogP contribution is 2.27. The molecule has 0 bridgehead atoms.